The zero-order valence-electron chi connectivity index (χ0n) is 7.88. The molecule has 84 valence electrons. The Kier molecular flexibility index (Phi) is 2.95. The van der Waals surface area contributed by atoms with Crippen LogP contribution in [0.25, 0.3) is 10.4 Å². The van der Waals surface area contributed by atoms with Gasteiger partial charge in [-0.15, -0.1) is 11.3 Å². The van der Waals surface area contributed by atoms with Crippen molar-refractivity contribution in [2.45, 2.75) is 6.18 Å². The van der Waals surface area contributed by atoms with E-state index in [1.807, 2.05) is 0 Å². The zero-order valence-corrected chi connectivity index (χ0v) is 9.46. The van der Waals surface area contributed by atoms with Gasteiger partial charge < -0.3 is 0 Å². The van der Waals surface area contributed by atoms with Gasteiger partial charge in [0, 0.05) is 0 Å². The van der Waals surface area contributed by atoms with Crippen LogP contribution in [0.5, 0.6) is 0 Å². The van der Waals surface area contributed by atoms with E-state index in [-0.39, 0.29) is 5.02 Å². The van der Waals surface area contributed by atoms with Gasteiger partial charge in [0.2, 0.25) is 0 Å². The lowest BCUT2D eigenvalue weighted by molar-refractivity contribution is -0.134. The molecule has 0 unspecified atom stereocenters. The summed E-state index contributed by atoms with van der Waals surface area (Å²) in [6, 6.07) is 9.76. The number of hydrogen-bond donors (Lipinski definition) is 0. The molecule has 0 aliphatic carbocycles. The van der Waals surface area contributed by atoms with Crippen molar-refractivity contribution in [2.75, 3.05) is 0 Å². The van der Waals surface area contributed by atoms with Crippen molar-refractivity contribution in [2.24, 2.45) is 0 Å². The Morgan fingerprint density at radius 2 is 1.69 bits per heavy atom. The number of benzene rings is 1. The van der Waals surface area contributed by atoms with E-state index in [2.05, 4.69) is 0 Å². The molecule has 0 saturated carbocycles. The van der Waals surface area contributed by atoms with Crippen LogP contribution in [0.15, 0.2) is 36.4 Å². The summed E-state index contributed by atoms with van der Waals surface area (Å²) in [6.07, 6.45) is -4.33. The minimum Gasteiger partial charge on any atom is -0.165 e. The highest BCUT2D eigenvalue weighted by Crippen LogP contribution is 2.43. The second-order valence-electron chi connectivity index (χ2n) is 3.15. The van der Waals surface area contributed by atoms with E-state index in [4.69, 9.17) is 11.6 Å². The van der Waals surface area contributed by atoms with Crippen LogP contribution in [0.2, 0.25) is 5.02 Å². The van der Waals surface area contributed by atoms with Gasteiger partial charge in [-0.25, -0.2) is 0 Å². The molecule has 0 aliphatic rings. The molecule has 5 heteroatoms. The van der Waals surface area contributed by atoms with E-state index < -0.39 is 11.1 Å². The summed E-state index contributed by atoms with van der Waals surface area (Å²) in [5.41, 5.74) is 0.702. The molecule has 1 heterocycles. The van der Waals surface area contributed by atoms with Crippen molar-refractivity contribution in [3.63, 3.8) is 0 Å². The van der Waals surface area contributed by atoms with Gasteiger partial charge in [0.25, 0.3) is 0 Å². The van der Waals surface area contributed by atoms with E-state index >= 15 is 0 Å². The van der Waals surface area contributed by atoms with E-state index in [9.17, 15) is 13.2 Å². The van der Waals surface area contributed by atoms with Crippen LogP contribution >= 0.6 is 22.9 Å². The van der Waals surface area contributed by atoms with Crippen molar-refractivity contribution < 1.29 is 13.2 Å². The summed E-state index contributed by atoms with van der Waals surface area (Å²) in [4.78, 5) is -0.217. The van der Waals surface area contributed by atoms with Crippen molar-refractivity contribution in [1.82, 2.24) is 0 Å². The van der Waals surface area contributed by atoms with Gasteiger partial charge in [0.05, 0.1) is 9.90 Å². The minimum atomic E-state index is -4.33. The lowest BCUT2D eigenvalue weighted by atomic mass is 10.2. The average Bonchev–Trinajstić information content (AvgIpc) is 2.61. The fourth-order valence-electron chi connectivity index (χ4n) is 1.29. The van der Waals surface area contributed by atoms with Crippen molar-refractivity contribution in [3.8, 4) is 10.4 Å². The van der Waals surface area contributed by atoms with Gasteiger partial charge >= 0.3 is 6.18 Å². The predicted octanol–water partition coefficient (Wildman–Crippen LogP) is 5.09. The number of halogens is 4. The molecule has 0 radical (unpaired) electrons. The Morgan fingerprint density at radius 3 is 2.19 bits per heavy atom. The number of thiophene rings is 1. The molecule has 1 aromatic carbocycles. The van der Waals surface area contributed by atoms with Gasteiger partial charge in [0.15, 0.2) is 0 Å². The molecule has 0 bridgehead atoms. The molecular formula is C11H6ClF3S. The van der Waals surface area contributed by atoms with Crippen molar-refractivity contribution in [1.29, 1.82) is 0 Å². The third-order valence-electron chi connectivity index (χ3n) is 2.00. The molecule has 1 aromatic heterocycles. The number of alkyl halides is 3. The summed E-state index contributed by atoms with van der Waals surface area (Å²) in [7, 11) is 0. The van der Waals surface area contributed by atoms with Crippen LogP contribution in [0, 0.1) is 0 Å². The molecule has 0 amide bonds. The average molecular weight is 263 g/mol. The van der Waals surface area contributed by atoms with Crippen molar-refractivity contribution in [3.05, 3.63) is 46.3 Å². The highest BCUT2D eigenvalue weighted by Gasteiger charge is 2.33. The third kappa shape index (κ3) is 2.23. The predicted molar refractivity (Wildman–Crippen MR) is 59.8 cm³/mol. The van der Waals surface area contributed by atoms with E-state index in [0.717, 1.165) is 6.07 Å². The van der Waals surface area contributed by atoms with Crippen LogP contribution in [0.3, 0.4) is 0 Å². The molecule has 0 saturated heterocycles. The Labute approximate surface area is 99.3 Å². The van der Waals surface area contributed by atoms with Crippen LogP contribution < -0.4 is 0 Å². The van der Waals surface area contributed by atoms with E-state index in [0.29, 0.717) is 21.8 Å². The van der Waals surface area contributed by atoms with Crippen LogP contribution in [0.4, 0.5) is 13.2 Å². The van der Waals surface area contributed by atoms with Crippen LogP contribution in [0.1, 0.15) is 4.88 Å². The lowest BCUT2D eigenvalue weighted by Crippen LogP contribution is -2.00. The second kappa shape index (κ2) is 4.11. The first kappa shape index (κ1) is 11.5. The molecular weight excluding hydrogens is 257 g/mol. The molecule has 0 N–H and O–H groups in total. The lowest BCUT2D eigenvalue weighted by Gasteiger charge is -2.00. The first-order valence-electron chi connectivity index (χ1n) is 4.40. The molecule has 2 rings (SSSR count). The van der Waals surface area contributed by atoms with Crippen LogP contribution in [-0.2, 0) is 6.18 Å². The quantitative estimate of drug-likeness (QED) is 0.672. The Hall–Kier alpha value is -1.00. The van der Waals surface area contributed by atoms with Crippen molar-refractivity contribution >= 4 is 22.9 Å². The Morgan fingerprint density at radius 1 is 1.06 bits per heavy atom. The normalized spacial score (nSPS) is 11.8. The topological polar surface area (TPSA) is 0 Å². The highest BCUT2D eigenvalue weighted by atomic mass is 35.5. The standard InChI is InChI=1S/C11H6ClF3S/c12-8-6-9(11(13,14)15)16-10(8)7-4-2-1-3-5-7/h1-6H. The molecule has 16 heavy (non-hydrogen) atoms. The fourth-order valence-corrected chi connectivity index (χ4v) is 2.62. The maximum atomic E-state index is 12.4. The van der Waals surface area contributed by atoms with Gasteiger partial charge in [-0.3, -0.25) is 0 Å². The minimum absolute atomic E-state index is 0.142. The monoisotopic (exact) mass is 262 g/mol. The molecule has 0 nitrogen and oxygen atoms in total. The van der Waals surface area contributed by atoms with Gasteiger partial charge in [-0.1, -0.05) is 41.9 Å². The van der Waals surface area contributed by atoms with E-state index in [1.54, 1.807) is 30.3 Å². The largest absolute Gasteiger partial charge is 0.425 e. The molecule has 2 aromatic rings. The van der Waals surface area contributed by atoms with E-state index in [1.165, 1.54) is 0 Å². The first-order chi connectivity index (χ1) is 7.48. The number of rotatable bonds is 1. The number of hydrogen-bond acceptors (Lipinski definition) is 1. The van der Waals surface area contributed by atoms with Gasteiger partial charge in [-0.2, -0.15) is 13.2 Å². The summed E-state index contributed by atoms with van der Waals surface area (Å²) in [5, 5.41) is 0.142. The molecule has 0 aliphatic heterocycles. The Balaban J connectivity index is 2.48. The van der Waals surface area contributed by atoms with Crippen LogP contribution in [-0.4, -0.2) is 0 Å². The first-order valence-corrected chi connectivity index (χ1v) is 5.60. The Bertz CT molecular complexity index is 488. The fraction of sp³-hybridized carbons (Fsp3) is 0.0909. The maximum absolute atomic E-state index is 12.4. The summed E-state index contributed by atoms with van der Waals surface area (Å²) < 4.78 is 37.3. The summed E-state index contributed by atoms with van der Waals surface area (Å²) in [6.45, 7) is 0. The summed E-state index contributed by atoms with van der Waals surface area (Å²) in [5.74, 6) is 0. The highest BCUT2D eigenvalue weighted by molar-refractivity contribution is 7.16. The molecule has 0 fully saturated rings. The zero-order chi connectivity index (χ0) is 11.8. The molecule has 0 atom stereocenters. The van der Waals surface area contributed by atoms with Gasteiger partial charge in [-0.05, 0) is 11.6 Å². The third-order valence-corrected chi connectivity index (χ3v) is 3.64. The summed E-state index contributed by atoms with van der Waals surface area (Å²) >= 11 is 6.46. The maximum Gasteiger partial charge on any atom is 0.425 e. The SMILES string of the molecule is FC(F)(F)c1cc(Cl)c(-c2ccccc2)s1. The second-order valence-corrected chi connectivity index (χ2v) is 4.61. The molecule has 0 spiro atoms. The smallest absolute Gasteiger partial charge is 0.165 e. The van der Waals surface area contributed by atoms with Gasteiger partial charge in [0.1, 0.15) is 4.88 Å².